The van der Waals surface area contributed by atoms with Crippen LogP contribution in [0, 0.1) is 5.92 Å². The van der Waals surface area contributed by atoms with Crippen molar-refractivity contribution in [3.8, 4) is 0 Å². The summed E-state index contributed by atoms with van der Waals surface area (Å²) in [5.41, 5.74) is 5.51. The second-order valence-electron chi connectivity index (χ2n) is 6.65. The van der Waals surface area contributed by atoms with Gasteiger partial charge in [0.25, 0.3) is 5.91 Å². The summed E-state index contributed by atoms with van der Waals surface area (Å²) in [6, 6.07) is 4.04. The Hall–Kier alpha value is -1.30. The van der Waals surface area contributed by atoms with Crippen LogP contribution in [0.3, 0.4) is 0 Å². The van der Waals surface area contributed by atoms with Crippen LogP contribution in [0.15, 0.2) is 18.2 Å². The van der Waals surface area contributed by atoms with Gasteiger partial charge in [0.05, 0.1) is 15.6 Å². The lowest BCUT2D eigenvalue weighted by atomic mass is 9.90. The van der Waals surface area contributed by atoms with Crippen LogP contribution in [-0.2, 0) is 4.79 Å². The summed E-state index contributed by atoms with van der Waals surface area (Å²) >= 11 is 11.9. The molecule has 1 aromatic carbocycles. The molecule has 5 nitrogen and oxygen atoms in total. The molecule has 0 fully saturated rings. The van der Waals surface area contributed by atoms with E-state index in [1.807, 2.05) is 6.92 Å². The molecule has 0 saturated carbocycles. The van der Waals surface area contributed by atoms with Gasteiger partial charge in [-0.3, -0.25) is 9.59 Å². The van der Waals surface area contributed by atoms with E-state index in [2.05, 4.69) is 24.5 Å². The number of carbonyl (C=O) groups excluding carboxylic acids is 2. The van der Waals surface area contributed by atoms with Gasteiger partial charge >= 0.3 is 0 Å². The van der Waals surface area contributed by atoms with Crippen LogP contribution >= 0.6 is 23.2 Å². The molecule has 1 aromatic rings. The van der Waals surface area contributed by atoms with E-state index in [9.17, 15) is 9.59 Å². The molecule has 0 aliphatic carbocycles. The smallest absolute Gasteiger partial charge is 0.253 e. The van der Waals surface area contributed by atoms with Crippen molar-refractivity contribution < 1.29 is 9.59 Å². The number of halogens is 2. The third kappa shape index (κ3) is 5.65. The largest absolute Gasteiger partial charge is 0.348 e. The summed E-state index contributed by atoms with van der Waals surface area (Å²) in [6.45, 7) is 7.95. The molecule has 2 amide bonds. The predicted octanol–water partition coefficient (Wildman–Crippen LogP) is 2.99. The Morgan fingerprint density at radius 2 is 1.88 bits per heavy atom. The van der Waals surface area contributed by atoms with E-state index >= 15 is 0 Å². The average molecular weight is 374 g/mol. The molecule has 0 heterocycles. The number of nitrogens with one attached hydrogen (secondary N) is 2. The molecule has 24 heavy (non-hydrogen) atoms. The highest BCUT2D eigenvalue weighted by molar-refractivity contribution is 6.43. The van der Waals surface area contributed by atoms with Crippen LogP contribution in [0.5, 0.6) is 0 Å². The van der Waals surface area contributed by atoms with Crippen molar-refractivity contribution in [1.29, 1.82) is 0 Å². The second-order valence-corrected chi connectivity index (χ2v) is 7.43. The topological polar surface area (TPSA) is 84.2 Å². The van der Waals surface area contributed by atoms with Crippen molar-refractivity contribution in [2.75, 3.05) is 6.54 Å². The van der Waals surface area contributed by atoms with E-state index < -0.39 is 17.5 Å². The molecular weight excluding hydrogens is 349 g/mol. The lowest BCUT2D eigenvalue weighted by Crippen LogP contribution is -2.57. The number of hydrogen-bond donors (Lipinski definition) is 3. The van der Waals surface area contributed by atoms with Crippen molar-refractivity contribution in [3.05, 3.63) is 33.8 Å². The van der Waals surface area contributed by atoms with E-state index in [1.54, 1.807) is 25.1 Å². The Labute approximate surface area is 153 Å². The fourth-order valence-electron chi connectivity index (χ4n) is 2.51. The third-order valence-electron chi connectivity index (χ3n) is 3.67. The first-order valence-electron chi connectivity index (χ1n) is 7.86. The molecule has 2 unspecified atom stereocenters. The molecule has 0 aliphatic rings. The van der Waals surface area contributed by atoms with Gasteiger partial charge in [-0.25, -0.2) is 0 Å². The molecule has 134 valence electrons. The van der Waals surface area contributed by atoms with Crippen molar-refractivity contribution >= 4 is 35.0 Å². The van der Waals surface area contributed by atoms with Crippen molar-refractivity contribution in [3.63, 3.8) is 0 Å². The van der Waals surface area contributed by atoms with Crippen molar-refractivity contribution in [2.24, 2.45) is 11.7 Å². The van der Waals surface area contributed by atoms with Gasteiger partial charge in [-0.2, -0.15) is 0 Å². The summed E-state index contributed by atoms with van der Waals surface area (Å²) in [7, 11) is 0. The maximum Gasteiger partial charge on any atom is 0.253 e. The molecule has 2 atom stereocenters. The predicted molar refractivity (Wildman–Crippen MR) is 98.4 cm³/mol. The molecule has 0 saturated heterocycles. The van der Waals surface area contributed by atoms with Crippen LogP contribution in [0.2, 0.25) is 10.0 Å². The van der Waals surface area contributed by atoms with Gasteiger partial charge in [0, 0.05) is 12.1 Å². The molecule has 0 spiro atoms. The Morgan fingerprint density at radius 1 is 1.25 bits per heavy atom. The second kappa shape index (κ2) is 8.70. The Morgan fingerprint density at radius 3 is 2.42 bits per heavy atom. The van der Waals surface area contributed by atoms with Gasteiger partial charge in [-0.15, -0.1) is 0 Å². The summed E-state index contributed by atoms with van der Waals surface area (Å²) in [5, 5.41) is 6.00. The van der Waals surface area contributed by atoms with Gasteiger partial charge in [0.1, 0.15) is 6.04 Å². The van der Waals surface area contributed by atoms with E-state index in [-0.39, 0.29) is 21.5 Å². The number of nitrogens with two attached hydrogens (primary N) is 1. The lowest BCUT2D eigenvalue weighted by molar-refractivity contribution is -0.124. The van der Waals surface area contributed by atoms with E-state index in [0.717, 1.165) is 6.42 Å². The monoisotopic (exact) mass is 373 g/mol. The SMILES string of the molecule is CC(C)CC(C)(CN)NC(=O)C(C)NC(=O)c1cccc(Cl)c1Cl. The normalized spacial score (nSPS) is 14.8. The molecule has 0 aliphatic heterocycles. The Kier molecular flexibility index (Phi) is 7.52. The van der Waals surface area contributed by atoms with Crippen molar-refractivity contribution in [1.82, 2.24) is 10.6 Å². The van der Waals surface area contributed by atoms with Gasteiger partial charge in [-0.05, 0) is 38.3 Å². The van der Waals surface area contributed by atoms with Crippen LogP contribution < -0.4 is 16.4 Å². The minimum absolute atomic E-state index is 0.163. The molecule has 7 heteroatoms. The van der Waals surface area contributed by atoms with Gasteiger partial charge in [-0.1, -0.05) is 43.1 Å². The third-order valence-corrected chi connectivity index (χ3v) is 4.49. The Bertz CT molecular complexity index is 607. The molecule has 0 aromatic heterocycles. The maximum absolute atomic E-state index is 12.4. The summed E-state index contributed by atoms with van der Waals surface area (Å²) < 4.78 is 0. The maximum atomic E-state index is 12.4. The zero-order chi connectivity index (χ0) is 18.5. The van der Waals surface area contributed by atoms with Crippen LogP contribution in [-0.4, -0.2) is 29.9 Å². The molecular formula is C17H25Cl2N3O2. The average Bonchev–Trinajstić information content (AvgIpc) is 2.48. The number of rotatable bonds is 7. The first-order valence-corrected chi connectivity index (χ1v) is 8.62. The van der Waals surface area contributed by atoms with Gasteiger partial charge < -0.3 is 16.4 Å². The molecule has 4 N–H and O–H groups in total. The molecule has 0 bridgehead atoms. The summed E-state index contributed by atoms with van der Waals surface area (Å²) in [5.74, 6) is -0.368. The number of carbonyl (C=O) groups is 2. The fourth-order valence-corrected chi connectivity index (χ4v) is 2.90. The van der Waals surface area contributed by atoms with Crippen molar-refractivity contribution in [2.45, 2.75) is 45.7 Å². The van der Waals surface area contributed by atoms with E-state index in [1.165, 1.54) is 0 Å². The Balaban J connectivity index is 2.76. The van der Waals surface area contributed by atoms with E-state index in [4.69, 9.17) is 28.9 Å². The highest BCUT2D eigenvalue weighted by Crippen LogP contribution is 2.25. The number of amides is 2. The van der Waals surface area contributed by atoms with Crippen LogP contribution in [0.4, 0.5) is 0 Å². The fraction of sp³-hybridized carbons (Fsp3) is 0.529. The highest BCUT2D eigenvalue weighted by atomic mass is 35.5. The minimum atomic E-state index is -0.731. The summed E-state index contributed by atoms with van der Waals surface area (Å²) in [6.07, 6.45) is 0.746. The van der Waals surface area contributed by atoms with Crippen LogP contribution in [0.25, 0.3) is 0 Å². The first kappa shape index (κ1) is 20.7. The number of hydrogen-bond acceptors (Lipinski definition) is 3. The first-order chi connectivity index (χ1) is 11.1. The summed E-state index contributed by atoms with van der Waals surface area (Å²) in [4.78, 5) is 24.7. The molecule has 0 radical (unpaired) electrons. The van der Waals surface area contributed by atoms with Crippen LogP contribution in [0.1, 0.15) is 44.5 Å². The lowest BCUT2D eigenvalue weighted by Gasteiger charge is -2.32. The van der Waals surface area contributed by atoms with Gasteiger partial charge in [0.15, 0.2) is 0 Å². The van der Waals surface area contributed by atoms with Gasteiger partial charge in [0.2, 0.25) is 5.91 Å². The molecule has 1 rings (SSSR count). The zero-order valence-electron chi connectivity index (χ0n) is 14.5. The standard InChI is InChI=1S/C17H25Cl2N3O2/c1-10(2)8-17(4,9-20)22-15(23)11(3)21-16(24)12-6-5-7-13(18)14(12)19/h5-7,10-11H,8-9,20H2,1-4H3,(H,21,24)(H,22,23). The zero-order valence-corrected chi connectivity index (χ0v) is 16.0. The quantitative estimate of drug-likeness (QED) is 0.686. The highest BCUT2D eigenvalue weighted by Gasteiger charge is 2.28. The number of benzene rings is 1. The van der Waals surface area contributed by atoms with E-state index in [0.29, 0.717) is 12.5 Å². The minimum Gasteiger partial charge on any atom is -0.348 e.